The summed E-state index contributed by atoms with van der Waals surface area (Å²) in [4.78, 5) is 24.6. The molecule has 3 aromatic rings. The molecule has 156 valence electrons. The lowest BCUT2D eigenvalue weighted by molar-refractivity contribution is -0.133. The first kappa shape index (κ1) is 20.0. The van der Waals surface area contributed by atoms with Crippen LogP contribution in [-0.4, -0.2) is 25.0 Å². The second-order valence-corrected chi connectivity index (χ2v) is 6.56. The molecule has 0 fully saturated rings. The van der Waals surface area contributed by atoms with Crippen LogP contribution in [0.4, 0.5) is 0 Å². The average Bonchev–Trinajstić information content (AvgIpc) is 3.14. The first-order valence-corrected chi connectivity index (χ1v) is 9.45. The number of hydrogen-bond donors (Lipinski definition) is 0. The normalized spacial score (nSPS) is 14.0. The highest BCUT2D eigenvalue weighted by molar-refractivity contribution is 6.11. The van der Waals surface area contributed by atoms with Gasteiger partial charge in [-0.25, -0.2) is 4.79 Å². The van der Waals surface area contributed by atoms with E-state index in [1.54, 1.807) is 19.1 Å². The summed E-state index contributed by atoms with van der Waals surface area (Å²) in [5, 5.41) is 9.83. The van der Waals surface area contributed by atoms with E-state index in [-0.39, 0.29) is 17.9 Å². The van der Waals surface area contributed by atoms with Crippen molar-refractivity contribution >= 4 is 22.7 Å². The van der Waals surface area contributed by atoms with Crippen molar-refractivity contribution in [1.82, 2.24) is 0 Å². The number of esters is 2. The van der Waals surface area contributed by atoms with Crippen LogP contribution in [0.15, 0.2) is 48.5 Å². The molecule has 3 aromatic carbocycles. The van der Waals surface area contributed by atoms with Gasteiger partial charge in [0.15, 0.2) is 11.5 Å². The fourth-order valence-corrected chi connectivity index (χ4v) is 3.43. The topological polar surface area (TPSA) is 104 Å². The second kappa shape index (κ2) is 8.24. The van der Waals surface area contributed by atoms with E-state index in [1.807, 2.05) is 30.3 Å². The lowest BCUT2D eigenvalue weighted by atomic mass is 9.92. The Kier molecular flexibility index (Phi) is 5.33. The summed E-state index contributed by atoms with van der Waals surface area (Å²) in [6, 6.07) is 14.0. The van der Waals surface area contributed by atoms with Gasteiger partial charge < -0.3 is 23.7 Å². The lowest BCUT2D eigenvalue weighted by Crippen LogP contribution is -2.19. The molecule has 8 nitrogen and oxygen atoms in total. The molecule has 8 heteroatoms. The maximum Gasteiger partial charge on any atom is 0.416 e. The molecule has 0 bridgehead atoms. The van der Waals surface area contributed by atoms with Crippen molar-refractivity contribution < 1.29 is 33.3 Å². The predicted molar refractivity (Wildman–Crippen MR) is 108 cm³/mol. The Hall–Kier alpha value is -4.25. The lowest BCUT2D eigenvalue weighted by Gasteiger charge is -2.16. The van der Waals surface area contributed by atoms with Gasteiger partial charge in [0.2, 0.25) is 0 Å². The summed E-state index contributed by atoms with van der Waals surface area (Å²) in [6.07, 6.45) is 1.52. The summed E-state index contributed by atoms with van der Waals surface area (Å²) < 4.78 is 26.4. The Morgan fingerprint density at radius 3 is 2.35 bits per heavy atom. The fourth-order valence-electron chi connectivity index (χ4n) is 3.43. The SMILES string of the molecule is CCOC(=O)c1cc(OC(C)=O)c2cc3c(cc2c1-c1ccccc1)OC(OC#N)O3. The summed E-state index contributed by atoms with van der Waals surface area (Å²) >= 11 is 0. The van der Waals surface area contributed by atoms with Gasteiger partial charge in [-0.2, -0.15) is 5.26 Å². The fraction of sp³-hybridized carbons (Fsp3) is 0.174. The molecule has 0 aliphatic carbocycles. The van der Waals surface area contributed by atoms with E-state index in [0.717, 1.165) is 5.56 Å². The van der Waals surface area contributed by atoms with E-state index in [2.05, 4.69) is 0 Å². The van der Waals surface area contributed by atoms with Crippen LogP contribution >= 0.6 is 0 Å². The van der Waals surface area contributed by atoms with Crippen molar-refractivity contribution in [3.8, 4) is 34.6 Å². The number of rotatable bonds is 5. The Labute approximate surface area is 177 Å². The molecule has 4 rings (SSSR count). The van der Waals surface area contributed by atoms with E-state index in [1.165, 1.54) is 19.2 Å². The number of fused-ring (bicyclic) bond motifs is 2. The molecule has 1 unspecified atom stereocenters. The maximum absolute atomic E-state index is 12.8. The van der Waals surface area contributed by atoms with Crippen molar-refractivity contribution in [1.29, 1.82) is 5.26 Å². The quantitative estimate of drug-likeness (QED) is 0.345. The number of carbonyl (C=O) groups is 2. The van der Waals surface area contributed by atoms with Gasteiger partial charge >= 0.3 is 18.4 Å². The number of ether oxygens (including phenoxy) is 5. The van der Waals surface area contributed by atoms with E-state index in [0.29, 0.717) is 27.8 Å². The Morgan fingerprint density at radius 2 is 1.74 bits per heavy atom. The Morgan fingerprint density at radius 1 is 1.06 bits per heavy atom. The van der Waals surface area contributed by atoms with E-state index >= 15 is 0 Å². The molecule has 0 radical (unpaired) electrons. The molecule has 0 spiro atoms. The molecule has 0 aromatic heterocycles. The highest BCUT2D eigenvalue weighted by atomic mass is 16.9. The second-order valence-electron chi connectivity index (χ2n) is 6.56. The van der Waals surface area contributed by atoms with Crippen molar-refractivity contribution in [2.24, 2.45) is 0 Å². The first-order valence-electron chi connectivity index (χ1n) is 9.45. The highest BCUT2D eigenvalue weighted by Crippen LogP contribution is 2.46. The zero-order chi connectivity index (χ0) is 22.0. The van der Waals surface area contributed by atoms with E-state index in [9.17, 15) is 9.59 Å². The van der Waals surface area contributed by atoms with Gasteiger partial charge in [0.25, 0.3) is 6.26 Å². The third-order valence-corrected chi connectivity index (χ3v) is 4.57. The molecule has 1 aliphatic heterocycles. The molecular weight excluding hydrogens is 402 g/mol. The van der Waals surface area contributed by atoms with Gasteiger partial charge in [0.1, 0.15) is 5.75 Å². The molecule has 31 heavy (non-hydrogen) atoms. The van der Waals surface area contributed by atoms with Gasteiger partial charge in [-0.05, 0) is 36.1 Å². The van der Waals surface area contributed by atoms with Gasteiger partial charge in [0, 0.05) is 17.9 Å². The summed E-state index contributed by atoms with van der Waals surface area (Å²) in [6.45, 7) is 1.94. The van der Waals surface area contributed by atoms with Crippen molar-refractivity contribution in [2.45, 2.75) is 20.3 Å². The number of benzene rings is 3. The molecule has 0 saturated carbocycles. The number of nitriles is 1. The first-order chi connectivity index (χ1) is 15.0. The van der Waals surface area contributed by atoms with Crippen LogP contribution in [0, 0.1) is 11.5 Å². The molecule has 0 saturated heterocycles. The van der Waals surface area contributed by atoms with Crippen molar-refractivity contribution in [2.75, 3.05) is 6.61 Å². The molecule has 1 heterocycles. The van der Waals surface area contributed by atoms with E-state index in [4.69, 9.17) is 28.9 Å². The van der Waals surface area contributed by atoms with Gasteiger partial charge in [-0.1, -0.05) is 30.3 Å². The number of carbonyl (C=O) groups excluding carboxylic acids is 2. The van der Waals surface area contributed by atoms with Crippen LogP contribution in [0.3, 0.4) is 0 Å². The molecular formula is C23H17NO7. The van der Waals surface area contributed by atoms with Crippen molar-refractivity contribution in [3.63, 3.8) is 0 Å². The van der Waals surface area contributed by atoms with Crippen molar-refractivity contribution in [3.05, 3.63) is 54.1 Å². The van der Waals surface area contributed by atoms with Crippen LogP contribution in [-0.2, 0) is 14.3 Å². The average molecular weight is 419 g/mol. The third kappa shape index (κ3) is 3.81. The van der Waals surface area contributed by atoms with Gasteiger partial charge in [0.05, 0.1) is 12.2 Å². The zero-order valence-corrected chi connectivity index (χ0v) is 16.7. The minimum absolute atomic E-state index is 0.168. The number of hydrogen-bond acceptors (Lipinski definition) is 8. The van der Waals surface area contributed by atoms with Crippen LogP contribution in [0.2, 0.25) is 0 Å². The Balaban J connectivity index is 2.03. The van der Waals surface area contributed by atoms with Crippen LogP contribution in [0.5, 0.6) is 17.2 Å². The third-order valence-electron chi connectivity index (χ3n) is 4.57. The smallest absolute Gasteiger partial charge is 0.416 e. The van der Waals surface area contributed by atoms with Gasteiger partial charge in [-0.15, -0.1) is 0 Å². The Bertz CT molecular complexity index is 1210. The number of nitrogens with zero attached hydrogens (tertiary/aromatic N) is 1. The zero-order valence-electron chi connectivity index (χ0n) is 16.7. The molecule has 1 aliphatic rings. The molecule has 0 N–H and O–H groups in total. The van der Waals surface area contributed by atoms with Crippen LogP contribution < -0.4 is 14.2 Å². The largest absolute Gasteiger partial charge is 0.462 e. The summed E-state index contributed by atoms with van der Waals surface area (Å²) in [5.74, 6) is -0.308. The predicted octanol–water partition coefficient (Wildman–Crippen LogP) is 4.16. The standard InChI is InChI=1S/C23H17NO7/c1-3-27-22(26)17-11-18(29-13(2)25)15-9-19-20(31-23(30-19)28-12-24)10-16(15)21(17)14-7-5-4-6-8-14/h4-11,23H,3H2,1-2H3. The maximum atomic E-state index is 12.8. The minimum atomic E-state index is -1.22. The van der Waals surface area contributed by atoms with E-state index < -0.39 is 18.4 Å². The minimum Gasteiger partial charge on any atom is -0.462 e. The highest BCUT2D eigenvalue weighted by Gasteiger charge is 2.29. The van der Waals surface area contributed by atoms with Gasteiger partial charge in [-0.3, -0.25) is 4.79 Å². The molecule has 1 atom stereocenters. The van der Waals surface area contributed by atoms with Crippen LogP contribution in [0.25, 0.3) is 21.9 Å². The monoisotopic (exact) mass is 419 g/mol. The summed E-state index contributed by atoms with van der Waals surface area (Å²) in [5.41, 5.74) is 1.58. The molecule has 0 amide bonds. The summed E-state index contributed by atoms with van der Waals surface area (Å²) in [7, 11) is 0. The van der Waals surface area contributed by atoms with Crippen LogP contribution in [0.1, 0.15) is 24.2 Å².